The molecule has 11 nitrogen and oxygen atoms in total. The zero-order valence-corrected chi connectivity index (χ0v) is 22.3. The van der Waals surface area contributed by atoms with Crippen molar-refractivity contribution in [3.8, 4) is 21.9 Å². The van der Waals surface area contributed by atoms with Crippen LogP contribution >= 0.6 is 11.3 Å². The molecule has 1 atom stereocenters. The molecule has 42 heavy (non-hydrogen) atoms. The quantitative estimate of drug-likeness (QED) is 0.211. The van der Waals surface area contributed by atoms with Gasteiger partial charge in [0.1, 0.15) is 22.7 Å². The van der Waals surface area contributed by atoms with Crippen molar-refractivity contribution in [3.63, 3.8) is 0 Å². The van der Waals surface area contributed by atoms with E-state index in [1.807, 2.05) is 0 Å². The minimum absolute atomic E-state index is 0.0367. The Morgan fingerprint density at radius 3 is 2.26 bits per heavy atom. The molecule has 4 aliphatic carbocycles. The van der Waals surface area contributed by atoms with E-state index in [2.05, 4.69) is 4.98 Å². The first-order chi connectivity index (χ1) is 20.1. The van der Waals surface area contributed by atoms with Crippen molar-refractivity contribution in [2.45, 2.75) is 18.3 Å². The van der Waals surface area contributed by atoms with Gasteiger partial charge in [0.15, 0.2) is 17.5 Å². The van der Waals surface area contributed by atoms with Crippen molar-refractivity contribution in [1.82, 2.24) is 4.98 Å². The molecule has 0 unspecified atom stereocenters. The maximum Gasteiger partial charge on any atom is 0.260 e. The van der Waals surface area contributed by atoms with Gasteiger partial charge in [-0.05, 0) is 35.9 Å². The lowest BCUT2D eigenvalue weighted by atomic mass is 9.77. The largest absolute Gasteiger partial charge is 0.510 e. The highest BCUT2D eigenvalue weighted by molar-refractivity contribution is 7.13. The SMILES string of the molecule is COc1cc(=O)c2c(=O)c3c(c(=O)c=2c1=O)=C(O)[C@]1(CCc2c1c(O)c1c(=O)[nH]c(C=O)cc1c2-c1cccs1)C=3O. The van der Waals surface area contributed by atoms with Gasteiger partial charge in [-0.25, -0.2) is 0 Å². The predicted molar refractivity (Wildman–Crippen MR) is 152 cm³/mol. The molecule has 3 aromatic rings. The minimum atomic E-state index is -2.04. The molecule has 2 heterocycles. The minimum Gasteiger partial charge on any atom is -0.510 e. The van der Waals surface area contributed by atoms with Crippen LogP contribution in [-0.4, -0.2) is 33.7 Å². The van der Waals surface area contributed by atoms with Crippen LogP contribution in [0.15, 0.2) is 53.6 Å². The predicted octanol–water partition coefficient (Wildman–Crippen LogP) is 0.0547. The van der Waals surface area contributed by atoms with Gasteiger partial charge in [0.05, 0.1) is 39.1 Å². The van der Waals surface area contributed by atoms with Crippen LogP contribution in [0.4, 0.5) is 0 Å². The average Bonchev–Trinajstić information content (AvgIpc) is 3.68. The zero-order valence-electron chi connectivity index (χ0n) is 21.5. The lowest BCUT2D eigenvalue weighted by Gasteiger charge is -2.27. The fourth-order valence-electron chi connectivity index (χ4n) is 6.63. The summed E-state index contributed by atoms with van der Waals surface area (Å²) in [5.74, 6) is -2.66. The summed E-state index contributed by atoms with van der Waals surface area (Å²) < 4.78 is 4.90. The number of pyridine rings is 1. The highest BCUT2D eigenvalue weighted by atomic mass is 32.1. The number of thiophene rings is 1. The van der Waals surface area contributed by atoms with E-state index < -0.39 is 76.6 Å². The number of phenols is 1. The third-order valence-electron chi connectivity index (χ3n) is 8.34. The van der Waals surface area contributed by atoms with Crippen LogP contribution in [0.1, 0.15) is 28.0 Å². The number of nitrogens with one attached hydrogen (secondary N) is 1. The maximum absolute atomic E-state index is 13.7. The van der Waals surface area contributed by atoms with Gasteiger partial charge in [-0.2, -0.15) is 0 Å². The van der Waals surface area contributed by atoms with Gasteiger partial charge in [0.25, 0.3) is 5.56 Å². The number of aliphatic hydroxyl groups is 2. The number of aldehydes is 1. The van der Waals surface area contributed by atoms with Crippen molar-refractivity contribution >= 4 is 39.9 Å². The smallest absolute Gasteiger partial charge is 0.260 e. The van der Waals surface area contributed by atoms with Gasteiger partial charge in [-0.1, -0.05) is 6.07 Å². The van der Waals surface area contributed by atoms with E-state index in [0.717, 1.165) is 13.2 Å². The second-order valence-electron chi connectivity index (χ2n) is 10.2. The first kappa shape index (κ1) is 25.6. The summed E-state index contributed by atoms with van der Waals surface area (Å²) >= 11 is 1.31. The van der Waals surface area contributed by atoms with Gasteiger partial charge in [0, 0.05) is 27.5 Å². The topological polar surface area (TPSA) is 188 Å². The molecule has 4 aliphatic rings. The number of carbonyl (C=O) groups is 1. The number of benzene rings is 1. The van der Waals surface area contributed by atoms with Crippen LogP contribution in [0.2, 0.25) is 0 Å². The number of rotatable bonds is 3. The van der Waals surface area contributed by atoms with Gasteiger partial charge in [-0.3, -0.25) is 28.8 Å². The molecule has 0 fully saturated rings. The van der Waals surface area contributed by atoms with Crippen molar-refractivity contribution in [2.24, 2.45) is 0 Å². The fraction of sp³-hybridized carbons (Fsp3) is 0.133. The van der Waals surface area contributed by atoms with Crippen LogP contribution in [-0.2, 0) is 11.8 Å². The number of fused-ring (bicyclic) bond motifs is 4. The van der Waals surface area contributed by atoms with E-state index in [9.17, 15) is 44.1 Å². The van der Waals surface area contributed by atoms with E-state index in [0.29, 0.717) is 22.3 Å². The molecule has 0 amide bonds. The number of carbonyl (C=O) groups excluding carboxylic acids is 1. The summed E-state index contributed by atoms with van der Waals surface area (Å²) in [6.07, 6.45) is 0.423. The summed E-state index contributed by atoms with van der Waals surface area (Å²) in [5.41, 5.74) is -6.39. The summed E-state index contributed by atoms with van der Waals surface area (Å²) in [6.45, 7) is 0. The Labute approximate surface area is 235 Å². The third-order valence-corrected chi connectivity index (χ3v) is 9.23. The number of hydrogen-bond acceptors (Lipinski definition) is 11. The molecule has 12 heteroatoms. The maximum atomic E-state index is 13.7. The Hall–Kier alpha value is -5.36. The number of aromatic hydroxyl groups is 1. The first-order valence-corrected chi connectivity index (χ1v) is 13.5. The van der Waals surface area contributed by atoms with E-state index in [4.69, 9.17) is 4.74 Å². The lowest BCUT2D eigenvalue weighted by molar-refractivity contribution is 0.111. The van der Waals surface area contributed by atoms with Gasteiger partial charge >= 0.3 is 0 Å². The van der Waals surface area contributed by atoms with Crippen molar-refractivity contribution in [3.05, 3.63) is 119 Å². The number of aliphatic hydroxyl groups excluding tert-OH is 2. The molecule has 1 aromatic carbocycles. The number of aromatic nitrogens is 1. The van der Waals surface area contributed by atoms with Crippen LogP contribution < -0.4 is 42.4 Å². The second kappa shape index (κ2) is 8.33. The van der Waals surface area contributed by atoms with E-state index >= 15 is 0 Å². The molecular formula is C30H17NO10S. The normalized spacial score (nSPS) is 17.4. The first-order valence-electron chi connectivity index (χ1n) is 12.6. The summed E-state index contributed by atoms with van der Waals surface area (Å²) in [6, 6.07) is 5.71. The number of aromatic amines is 1. The third kappa shape index (κ3) is 2.83. The van der Waals surface area contributed by atoms with Crippen LogP contribution in [0, 0.1) is 10.4 Å². The Kier molecular flexibility index (Phi) is 5.08. The summed E-state index contributed by atoms with van der Waals surface area (Å²) in [7, 11) is 1.11. The number of ether oxygens (including phenoxy) is 1. The summed E-state index contributed by atoms with van der Waals surface area (Å²) in [4.78, 5) is 81.0. The molecule has 0 bridgehead atoms. The monoisotopic (exact) mass is 583 g/mol. The Morgan fingerprint density at radius 1 is 0.952 bits per heavy atom. The fourth-order valence-corrected chi connectivity index (χ4v) is 7.44. The number of H-pyrrole nitrogens is 1. The van der Waals surface area contributed by atoms with E-state index in [1.54, 1.807) is 17.5 Å². The number of phenolic OH excluding ortho intramolecular Hbond substituents is 1. The van der Waals surface area contributed by atoms with Crippen molar-refractivity contribution in [1.29, 1.82) is 0 Å². The second-order valence-corrected chi connectivity index (χ2v) is 11.1. The van der Waals surface area contributed by atoms with E-state index in [1.165, 1.54) is 17.4 Å². The molecule has 0 saturated carbocycles. The van der Waals surface area contributed by atoms with Gasteiger partial charge in [0.2, 0.25) is 16.3 Å². The molecule has 2 aromatic heterocycles. The van der Waals surface area contributed by atoms with Crippen molar-refractivity contribution < 1.29 is 24.9 Å². The van der Waals surface area contributed by atoms with E-state index in [-0.39, 0.29) is 34.9 Å². The lowest BCUT2D eigenvalue weighted by Crippen LogP contribution is -2.51. The molecule has 0 aliphatic heterocycles. The molecule has 208 valence electrons. The summed E-state index contributed by atoms with van der Waals surface area (Å²) in [5, 5.41) is 34.0. The molecule has 0 saturated heterocycles. The van der Waals surface area contributed by atoms with Crippen LogP contribution in [0.5, 0.6) is 11.5 Å². The Bertz CT molecular complexity index is 2560. The molecule has 1 spiro atoms. The number of hydrogen-bond donors (Lipinski definition) is 4. The molecule has 7 rings (SSSR count). The van der Waals surface area contributed by atoms with Gasteiger partial charge < -0.3 is 25.0 Å². The van der Waals surface area contributed by atoms with Gasteiger partial charge in [-0.15, -0.1) is 11.3 Å². The Morgan fingerprint density at radius 2 is 1.64 bits per heavy atom. The highest BCUT2D eigenvalue weighted by Gasteiger charge is 2.54. The zero-order chi connectivity index (χ0) is 29.8. The van der Waals surface area contributed by atoms with Crippen LogP contribution in [0.3, 0.4) is 0 Å². The molecular weight excluding hydrogens is 566 g/mol. The number of methoxy groups -OCH3 is 1. The van der Waals surface area contributed by atoms with Crippen LogP contribution in [0.25, 0.3) is 32.7 Å². The average molecular weight is 584 g/mol. The molecule has 0 radical (unpaired) electrons. The van der Waals surface area contributed by atoms with Crippen molar-refractivity contribution in [2.75, 3.05) is 7.11 Å². The Balaban J connectivity index is 1.73. The standard InChI is InChI=1S/C30H17NO10S/c1-41-14-8-13(33)18-19(23(14)34)25(36)21-20(24(18)35)27(38)30(28(21)39)5-4-11-16(15-3-2-6-42-15)12-7-10(9-32)31-29(40)17(12)26(37)22(11)30/h2-3,6-9,37-39H,4-5H2,1H3,(H,31,40)/t30-/m0/s1. The highest BCUT2D eigenvalue weighted by Crippen LogP contribution is 2.57. The molecule has 4 N–H and O–H groups in total.